The molecule has 0 aromatic heterocycles. The predicted octanol–water partition coefficient (Wildman–Crippen LogP) is 0.775. The van der Waals surface area contributed by atoms with Gasteiger partial charge in [0.05, 0.1) is 12.3 Å². The highest BCUT2D eigenvalue weighted by molar-refractivity contribution is 5.81. The average Bonchev–Trinajstić information content (AvgIpc) is 2.37. The third kappa shape index (κ3) is 4.62. The Morgan fingerprint density at radius 3 is 2.68 bits per heavy atom. The number of amides is 2. The van der Waals surface area contributed by atoms with Gasteiger partial charge in [-0.05, 0) is 17.7 Å². The molecule has 0 heterocycles. The maximum Gasteiger partial charge on any atom is 0.226 e. The van der Waals surface area contributed by atoms with E-state index in [0.29, 0.717) is 6.54 Å². The van der Waals surface area contributed by atoms with Crippen LogP contribution in [0.1, 0.15) is 12.5 Å². The Morgan fingerprint density at radius 1 is 1.42 bits per heavy atom. The minimum Gasteiger partial charge on any atom is -0.508 e. The van der Waals surface area contributed by atoms with Crippen LogP contribution in [0.3, 0.4) is 0 Å². The van der Waals surface area contributed by atoms with Crippen molar-refractivity contribution in [1.82, 2.24) is 10.2 Å². The topological polar surface area (TPSA) is 69.6 Å². The maximum absolute atomic E-state index is 12.0. The van der Waals surface area contributed by atoms with Crippen molar-refractivity contribution in [2.75, 3.05) is 20.6 Å². The van der Waals surface area contributed by atoms with E-state index in [4.69, 9.17) is 0 Å². The number of phenols is 1. The Morgan fingerprint density at radius 2 is 2.11 bits per heavy atom. The fourth-order valence-electron chi connectivity index (χ4n) is 1.82. The van der Waals surface area contributed by atoms with Crippen molar-refractivity contribution in [2.45, 2.75) is 13.3 Å². The second kappa shape index (κ2) is 6.78. The number of nitrogens with one attached hydrogen (secondary N) is 1. The first-order valence-corrected chi connectivity index (χ1v) is 6.17. The van der Waals surface area contributed by atoms with Gasteiger partial charge in [-0.15, -0.1) is 0 Å². The molecule has 0 spiro atoms. The van der Waals surface area contributed by atoms with Gasteiger partial charge in [0, 0.05) is 20.6 Å². The van der Waals surface area contributed by atoms with Crippen LogP contribution >= 0.6 is 0 Å². The summed E-state index contributed by atoms with van der Waals surface area (Å²) in [6.45, 7) is 2.15. The smallest absolute Gasteiger partial charge is 0.226 e. The summed E-state index contributed by atoms with van der Waals surface area (Å²) in [5.74, 6) is -0.270. The van der Waals surface area contributed by atoms with Crippen molar-refractivity contribution in [3.63, 3.8) is 0 Å². The zero-order valence-electron chi connectivity index (χ0n) is 11.5. The van der Waals surface area contributed by atoms with E-state index >= 15 is 0 Å². The first kappa shape index (κ1) is 15.0. The molecular formula is C14H20N2O3. The lowest BCUT2D eigenvalue weighted by Gasteiger charge is -2.20. The quantitative estimate of drug-likeness (QED) is 0.825. The molecule has 0 saturated heterocycles. The van der Waals surface area contributed by atoms with E-state index in [1.54, 1.807) is 45.3 Å². The molecule has 0 aliphatic carbocycles. The van der Waals surface area contributed by atoms with Gasteiger partial charge in [-0.2, -0.15) is 0 Å². The molecule has 104 valence electrons. The van der Waals surface area contributed by atoms with Gasteiger partial charge in [-0.1, -0.05) is 19.1 Å². The number of benzene rings is 1. The second-order valence-electron chi connectivity index (χ2n) is 4.64. The van der Waals surface area contributed by atoms with E-state index in [0.717, 1.165) is 5.56 Å². The van der Waals surface area contributed by atoms with E-state index in [2.05, 4.69) is 5.32 Å². The Bertz CT molecular complexity index is 460. The fourth-order valence-corrected chi connectivity index (χ4v) is 1.82. The van der Waals surface area contributed by atoms with Gasteiger partial charge in [-0.3, -0.25) is 9.59 Å². The van der Waals surface area contributed by atoms with Gasteiger partial charge < -0.3 is 15.3 Å². The monoisotopic (exact) mass is 264 g/mol. The Balaban J connectivity index is 2.56. The summed E-state index contributed by atoms with van der Waals surface area (Å²) >= 11 is 0. The molecule has 1 aromatic carbocycles. The van der Waals surface area contributed by atoms with Crippen molar-refractivity contribution < 1.29 is 14.7 Å². The van der Waals surface area contributed by atoms with Crippen molar-refractivity contribution in [1.29, 1.82) is 0 Å². The second-order valence-corrected chi connectivity index (χ2v) is 4.64. The van der Waals surface area contributed by atoms with Gasteiger partial charge in [0.15, 0.2) is 0 Å². The summed E-state index contributed by atoms with van der Waals surface area (Å²) in [6.07, 6.45) is 0.214. The minimum absolute atomic E-state index is 0.0821. The summed E-state index contributed by atoms with van der Waals surface area (Å²) in [7, 11) is 3.25. The van der Waals surface area contributed by atoms with Crippen LogP contribution in [0, 0.1) is 5.92 Å². The van der Waals surface area contributed by atoms with Gasteiger partial charge in [0.1, 0.15) is 5.75 Å². The Hall–Kier alpha value is -2.04. The van der Waals surface area contributed by atoms with Crippen LogP contribution in [0.15, 0.2) is 24.3 Å². The third-order valence-electron chi connectivity index (χ3n) is 2.93. The maximum atomic E-state index is 12.0. The van der Waals surface area contributed by atoms with E-state index < -0.39 is 0 Å². The molecule has 0 aliphatic heterocycles. The molecule has 5 nitrogen and oxygen atoms in total. The molecule has 1 aromatic rings. The molecule has 2 amide bonds. The van der Waals surface area contributed by atoms with Crippen molar-refractivity contribution >= 4 is 11.8 Å². The SMILES string of the molecule is CNC(=O)C(C)CN(C)C(=O)Cc1cccc(O)c1. The molecule has 19 heavy (non-hydrogen) atoms. The number of phenolic OH excluding ortho intramolecular Hbond substituents is 1. The largest absolute Gasteiger partial charge is 0.508 e. The third-order valence-corrected chi connectivity index (χ3v) is 2.93. The number of nitrogens with zero attached hydrogens (tertiary/aromatic N) is 1. The summed E-state index contributed by atoms with van der Waals surface area (Å²) in [5, 5.41) is 11.9. The molecular weight excluding hydrogens is 244 g/mol. The van der Waals surface area contributed by atoms with Crippen molar-refractivity contribution in [3.8, 4) is 5.75 Å². The highest BCUT2D eigenvalue weighted by Gasteiger charge is 2.17. The lowest BCUT2D eigenvalue weighted by Crippen LogP contribution is -2.37. The van der Waals surface area contributed by atoms with Gasteiger partial charge in [0.2, 0.25) is 11.8 Å². The first-order chi connectivity index (χ1) is 8.93. The molecule has 0 bridgehead atoms. The van der Waals surface area contributed by atoms with Gasteiger partial charge in [-0.25, -0.2) is 0 Å². The number of hydrogen-bond donors (Lipinski definition) is 2. The molecule has 0 saturated carbocycles. The number of rotatable bonds is 5. The number of carbonyl (C=O) groups is 2. The van der Waals surface area contributed by atoms with Crippen molar-refractivity contribution in [3.05, 3.63) is 29.8 Å². The number of hydrogen-bond acceptors (Lipinski definition) is 3. The molecule has 0 fully saturated rings. The molecule has 2 N–H and O–H groups in total. The van der Waals surface area contributed by atoms with Crippen LogP contribution in [-0.2, 0) is 16.0 Å². The number of aromatic hydroxyl groups is 1. The van der Waals surface area contributed by atoms with Crippen LogP contribution < -0.4 is 5.32 Å². The van der Waals surface area contributed by atoms with Crippen LogP contribution in [0.2, 0.25) is 0 Å². The van der Waals surface area contributed by atoms with E-state index in [9.17, 15) is 14.7 Å². The normalized spacial score (nSPS) is 11.7. The van der Waals surface area contributed by atoms with Gasteiger partial charge >= 0.3 is 0 Å². The first-order valence-electron chi connectivity index (χ1n) is 6.17. The molecule has 0 aliphatic rings. The van der Waals surface area contributed by atoms with Crippen LogP contribution in [-0.4, -0.2) is 42.5 Å². The molecule has 5 heteroatoms. The van der Waals surface area contributed by atoms with E-state index in [1.807, 2.05) is 0 Å². The fraction of sp³-hybridized carbons (Fsp3) is 0.429. The lowest BCUT2D eigenvalue weighted by molar-refractivity contribution is -0.131. The van der Waals surface area contributed by atoms with Gasteiger partial charge in [0.25, 0.3) is 0 Å². The Labute approximate surface area is 113 Å². The summed E-state index contributed by atoms with van der Waals surface area (Å²) in [5.41, 5.74) is 0.754. The molecule has 1 rings (SSSR count). The zero-order valence-corrected chi connectivity index (χ0v) is 11.5. The predicted molar refractivity (Wildman–Crippen MR) is 72.7 cm³/mol. The van der Waals surface area contributed by atoms with Crippen LogP contribution in [0.25, 0.3) is 0 Å². The Kier molecular flexibility index (Phi) is 5.36. The number of carbonyl (C=O) groups excluding carboxylic acids is 2. The van der Waals surface area contributed by atoms with Crippen LogP contribution in [0.4, 0.5) is 0 Å². The highest BCUT2D eigenvalue weighted by Crippen LogP contribution is 2.12. The standard InChI is InChI=1S/C14H20N2O3/c1-10(14(19)15-2)9-16(3)13(18)8-11-5-4-6-12(17)7-11/h4-7,10,17H,8-9H2,1-3H3,(H,15,19). The van der Waals surface area contributed by atoms with E-state index in [1.165, 1.54) is 4.90 Å². The number of likely N-dealkylation sites (N-methyl/N-ethyl adjacent to an activating group) is 1. The summed E-state index contributed by atoms with van der Waals surface area (Å²) in [6, 6.07) is 6.61. The van der Waals surface area contributed by atoms with Crippen LogP contribution in [0.5, 0.6) is 5.75 Å². The molecule has 0 radical (unpaired) electrons. The van der Waals surface area contributed by atoms with Crippen molar-refractivity contribution in [2.24, 2.45) is 5.92 Å². The average molecular weight is 264 g/mol. The molecule has 1 unspecified atom stereocenters. The zero-order chi connectivity index (χ0) is 14.4. The summed E-state index contributed by atoms with van der Waals surface area (Å²) in [4.78, 5) is 24.9. The lowest BCUT2D eigenvalue weighted by atomic mass is 10.1. The summed E-state index contributed by atoms with van der Waals surface area (Å²) < 4.78 is 0. The van der Waals surface area contributed by atoms with E-state index in [-0.39, 0.29) is 29.9 Å². The minimum atomic E-state index is -0.247. The highest BCUT2D eigenvalue weighted by atomic mass is 16.3. The molecule has 1 atom stereocenters.